The number of hydrogen-bond acceptors (Lipinski definition) is 5. The van der Waals surface area contributed by atoms with Crippen LogP contribution in [0.5, 0.6) is 5.75 Å². The van der Waals surface area contributed by atoms with Crippen LogP contribution in [0.25, 0.3) is 0 Å². The second-order valence-electron chi connectivity index (χ2n) is 9.19. The predicted molar refractivity (Wildman–Crippen MR) is 138 cm³/mol. The van der Waals surface area contributed by atoms with Gasteiger partial charge in [-0.1, -0.05) is 67.6 Å². The smallest absolute Gasteiger partial charge is 0.224 e. The van der Waals surface area contributed by atoms with E-state index in [1.807, 2.05) is 43.3 Å². The summed E-state index contributed by atoms with van der Waals surface area (Å²) in [5.41, 5.74) is 4.33. The van der Waals surface area contributed by atoms with E-state index in [9.17, 15) is 20.1 Å². The summed E-state index contributed by atoms with van der Waals surface area (Å²) in [5.74, 6) is 0.282. The van der Waals surface area contributed by atoms with E-state index < -0.39 is 6.10 Å². The summed E-state index contributed by atoms with van der Waals surface area (Å²) < 4.78 is 0. The van der Waals surface area contributed by atoms with Crippen molar-refractivity contribution in [3.63, 3.8) is 0 Å². The zero-order valence-electron chi connectivity index (χ0n) is 20.4. The van der Waals surface area contributed by atoms with E-state index in [-0.39, 0.29) is 30.2 Å². The zero-order valence-corrected chi connectivity index (χ0v) is 20.4. The van der Waals surface area contributed by atoms with Crippen LogP contribution < -0.4 is 10.6 Å². The van der Waals surface area contributed by atoms with Crippen molar-refractivity contribution in [2.75, 3.05) is 13.1 Å². The summed E-state index contributed by atoms with van der Waals surface area (Å²) in [6.07, 6.45) is 0.339. The maximum Gasteiger partial charge on any atom is 0.224 e. The summed E-state index contributed by atoms with van der Waals surface area (Å²) in [7, 11) is 0. The standard InChI is InChI=1S/C29H36N2O4/c1-20(24-9-4-3-5-10-24)17-31-29(35)15-23-8-6-7-22(14-23)13-21(2)30-18-28(34)25-11-12-27(33)26(16-25)19-32/h3-12,14,16,20-21,28,30,32-34H,13,15,17-19H2,1-2H3,(H,31,35)/t20-,21+,28-/m0/s1. The van der Waals surface area contributed by atoms with E-state index in [4.69, 9.17) is 0 Å². The first kappa shape index (κ1) is 26.4. The van der Waals surface area contributed by atoms with E-state index in [1.54, 1.807) is 12.1 Å². The first-order valence-corrected chi connectivity index (χ1v) is 12.1. The molecule has 0 unspecified atom stereocenters. The van der Waals surface area contributed by atoms with Gasteiger partial charge in [0.2, 0.25) is 5.91 Å². The second kappa shape index (κ2) is 13.0. The lowest BCUT2D eigenvalue weighted by Crippen LogP contribution is -2.32. The Morgan fingerprint density at radius 1 is 0.886 bits per heavy atom. The molecule has 0 aromatic heterocycles. The van der Waals surface area contributed by atoms with Crippen LogP contribution in [0.2, 0.25) is 0 Å². The molecule has 3 rings (SSSR count). The fourth-order valence-corrected chi connectivity index (χ4v) is 4.08. The monoisotopic (exact) mass is 476 g/mol. The molecule has 3 atom stereocenters. The minimum atomic E-state index is -0.753. The molecule has 35 heavy (non-hydrogen) atoms. The lowest BCUT2D eigenvalue weighted by atomic mass is 10.0. The Morgan fingerprint density at radius 2 is 1.63 bits per heavy atom. The Morgan fingerprint density at radius 3 is 2.37 bits per heavy atom. The Kier molecular flexibility index (Phi) is 9.85. The molecule has 0 spiro atoms. The Labute approximate surface area is 207 Å². The van der Waals surface area contributed by atoms with Crippen molar-refractivity contribution in [1.29, 1.82) is 0 Å². The van der Waals surface area contributed by atoms with Gasteiger partial charge in [0.25, 0.3) is 0 Å². The lowest BCUT2D eigenvalue weighted by molar-refractivity contribution is -0.120. The molecule has 0 saturated carbocycles. The summed E-state index contributed by atoms with van der Waals surface area (Å²) in [4.78, 5) is 12.5. The van der Waals surface area contributed by atoms with Crippen molar-refractivity contribution in [1.82, 2.24) is 10.6 Å². The van der Waals surface area contributed by atoms with Crippen LogP contribution in [0, 0.1) is 0 Å². The van der Waals surface area contributed by atoms with Crippen LogP contribution >= 0.6 is 0 Å². The molecule has 0 radical (unpaired) electrons. The molecule has 1 amide bonds. The highest BCUT2D eigenvalue weighted by atomic mass is 16.3. The molecule has 0 aliphatic carbocycles. The number of benzene rings is 3. The van der Waals surface area contributed by atoms with Gasteiger partial charge in [-0.05, 0) is 53.6 Å². The summed E-state index contributed by atoms with van der Waals surface area (Å²) in [6.45, 7) is 4.82. The Bertz CT molecular complexity index is 1090. The third-order valence-electron chi connectivity index (χ3n) is 6.19. The molecule has 6 nitrogen and oxygen atoms in total. The molecule has 0 heterocycles. The average Bonchev–Trinajstić information content (AvgIpc) is 2.87. The van der Waals surface area contributed by atoms with E-state index in [1.165, 1.54) is 11.6 Å². The van der Waals surface area contributed by atoms with Gasteiger partial charge in [0.15, 0.2) is 0 Å². The number of nitrogens with one attached hydrogen (secondary N) is 2. The summed E-state index contributed by atoms with van der Waals surface area (Å²) >= 11 is 0. The van der Waals surface area contributed by atoms with Gasteiger partial charge in [-0.25, -0.2) is 0 Å². The van der Waals surface area contributed by atoms with Gasteiger partial charge in [-0.2, -0.15) is 0 Å². The number of rotatable bonds is 12. The van der Waals surface area contributed by atoms with E-state index in [0.717, 1.165) is 17.5 Å². The van der Waals surface area contributed by atoms with Crippen LogP contribution in [-0.2, 0) is 24.2 Å². The highest BCUT2D eigenvalue weighted by molar-refractivity contribution is 5.78. The Balaban J connectivity index is 1.46. The van der Waals surface area contributed by atoms with Gasteiger partial charge in [0.1, 0.15) is 5.75 Å². The Hall–Kier alpha value is -3.19. The normalized spacial score (nSPS) is 13.7. The van der Waals surface area contributed by atoms with Gasteiger partial charge in [-0.15, -0.1) is 0 Å². The molecule has 0 aliphatic heterocycles. The highest BCUT2D eigenvalue weighted by Gasteiger charge is 2.13. The van der Waals surface area contributed by atoms with Crippen LogP contribution in [0.3, 0.4) is 0 Å². The van der Waals surface area contributed by atoms with Crippen molar-refractivity contribution >= 4 is 5.91 Å². The first-order chi connectivity index (χ1) is 16.9. The molecule has 0 aliphatic rings. The zero-order chi connectivity index (χ0) is 25.2. The third kappa shape index (κ3) is 8.21. The molecule has 0 saturated heterocycles. The van der Waals surface area contributed by atoms with Crippen LogP contribution in [-0.4, -0.2) is 40.4 Å². The SMILES string of the molecule is C[C@H](Cc1cccc(CC(=O)NC[C@H](C)c2ccccc2)c1)NC[C@H](O)c1ccc(O)c(CO)c1. The average molecular weight is 477 g/mol. The van der Waals surface area contributed by atoms with E-state index in [0.29, 0.717) is 30.6 Å². The largest absolute Gasteiger partial charge is 0.508 e. The number of hydrogen-bond donors (Lipinski definition) is 5. The van der Waals surface area contributed by atoms with E-state index >= 15 is 0 Å². The quantitative estimate of drug-likeness (QED) is 0.275. The first-order valence-electron chi connectivity index (χ1n) is 12.1. The minimum Gasteiger partial charge on any atom is -0.508 e. The summed E-state index contributed by atoms with van der Waals surface area (Å²) in [6, 6.07) is 23.1. The van der Waals surface area contributed by atoms with Crippen molar-refractivity contribution in [2.45, 2.75) is 51.4 Å². The molecule has 3 aromatic carbocycles. The predicted octanol–water partition coefficient (Wildman–Crippen LogP) is 3.60. The summed E-state index contributed by atoms with van der Waals surface area (Å²) in [5, 5.41) is 35.9. The van der Waals surface area contributed by atoms with Crippen LogP contribution in [0.1, 0.15) is 53.7 Å². The number of carbonyl (C=O) groups excluding carboxylic acids is 1. The lowest BCUT2D eigenvalue weighted by Gasteiger charge is -2.18. The maximum absolute atomic E-state index is 12.5. The van der Waals surface area contributed by atoms with Crippen molar-refractivity contribution in [3.8, 4) is 5.75 Å². The van der Waals surface area contributed by atoms with Crippen molar-refractivity contribution < 1.29 is 20.1 Å². The molecule has 6 heteroatoms. The molecule has 186 valence electrons. The minimum absolute atomic E-state index is 0.00960. The highest BCUT2D eigenvalue weighted by Crippen LogP contribution is 2.22. The number of aliphatic hydroxyl groups is 2. The fourth-order valence-electron chi connectivity index (χ4n) is 4.08. The topological polar surface area (TPSA) is 102 Å². The maximum atomic E-state index is 12.5. The number of amides is 1. The van der Waals surface area contributed by atoms with Crippen LogP contribution in [0.4, 0.5) is 0 Å². The van der Waals surface area contributed by atoms with Gasteiger partial charge in [0, 0.05) is 24.7 Å². The second-order valence-corrected chi connectivity index (χ2v) is 9.19. The van der Waals surface area contributed by atoms with Gasteiger partial charge >= 0.3 is 0 Å². The number of aromatic hydroxyl groups is 1. The van der Waals surface area contributed by atoms with Gasteiger partial charge in [0.05, 0.1) is 19.1 Å². The van der Waals surface area contributed by atoms with Crippen LogP contribution in [0.15, 0.2) is 72.8 Å². The van der Waals surface area contributed by atoms with Gasteiger partial charge < -0.3 is 26.0 Å². The fraction of sp³-hybridized carbons (Fsp3) is 0.345. The molecular weight excluding hydrogens is 440 g/mol. The molecular formula is C29H36N2O4. The molecule has 0 fully saturated rings. The van der Waals surface area contributed by atoms with Crippen molar-refractivity contribution in [2.24, 2.45) is 0 Å². The number of phenols is 1. The van der Waals surface area contributed by atoms with E-state index in [2.05, 4.69) is 35.8 Å². The van der Waals surface area contributed by atoms with Gasteiger partial charge in [-0.3, -0.25) is 4.79 Å². The van der Waals surface area contributed by atoms with Crippen molar-refractivity contribution in [3.05, 3.63) is 101 Å². The number of aliphatic hydroxyl groups excluding tert-OH is 2. The third-order valence-corrected chi connectivity index (χ3v) is 6.19. The molecule has 3 aromatic rings. The molecule has 5 N–H and O–H groups in total. The number of carbonyl (C=O) groups is 1. The molecule has 0 bridgehead atoms.